The van der Waals surface area contributed by atoms with Crippen LogP contribution in [0.4, 0.5) is 0 Å². The van der Waals surface area contributed by atoms with E-state index in [0.29, 0.717) is 0 Å². The van der Waals surface area contributed by atoms with Gasteiger partial charge in [-0.2, -0.15) is 0 Å². The summed E-state index contributed by atoms with van der Waals surface area (Å²) in [5.74, 6) is -0.597. The van der Waals surface area contributed by atoms with Crippen LogP contribution in [0.3, 0.4) is 0 Å². The maximum atomic E-state index is 10.9. The zero-order valence-corrected chi connectivity index (χ0v) is 6.96. The fourth-order valence-electron chi connectivity index (χ4n) is 0.651. The van der Waals surface area contributed by atoms with E-state index in [1.807, 2.05) is 0 Å². The van der Waals surface area contributed by atoms with Gasteiger partial charge in [-0.15, -0.1) is 6.58 Å². The van der Waals surface area contributed by atoms with Gasteiger partial charge in [-0.05, 0) is 13.8 Å². The van der Waals surface area contributed by atoms with E-state index in [1.165, 1.54) is 13.0 Å². The van der Waals surface area contributed by atoms with Crippen LogP contribution in [-0.4, -0.2) is 23.3 Å². The van der Waals surface area contributed by atoms with Crippen LogP contribution < -0.4 is 0 Å². The maximum absolute atomic E-state index is 10.9. The van der Waals surface area contributed by atoms with Crippen molar-refractivity contribution in [2.45, 2.75) is 25.9 Å². The number of hydrogen-bond donors (Lipinski definition) is 1. The normalized spacial score (nSPS) is 15.2. The van der Waals surface area contributed by atoms with E-state index in [-0.39, 0.29) is 13.0 Å². The molecule has 3 heteroatoms. The Morgan fingerprint density at radius 2 is 2.36 bits per heavy atom. The molecular weight excluding hydrogens is 144 g/mol. The summed E-state index contributed by atoms with van der Waals surface area (Å²) in [5.41, 5.74) is -1.42. The summed E-state index contributed by atoms with van der Waals surface area (Å²) in [6.45, 7) is 6.81. The second kappa shape index (κ2) is 4.13. The fraction of sp³-hybridized carbons (Fsp3) is 0.625. The number of esters is 1. The smallest absolute Gasteiger partial charge is 0.338 e. The Bertz CT molecular complexity index is 149. The van der Waals surface area contributed by atoms with Crippen LogP contribution in [0.5, 0.6) is 0 Å². The first-order chi connectivity index (χ1) is 5.04. The van der Waals surface area contributed by atoms with Gasteiger partial charge in [0.05, 0.1) is 6.61 Å². The van der Waals surface area contributed by atoms with Crippen molar-refractivity contribution in [3.8, 4) is 0 Å². The Hall–Kier alpha value is -0.830. The van der Waals surface area contributed by atoms with Gasteiger partial charge < -0.3 is 9.84 Å². The summed E-state index contributed by atoms with van der Waals surface area (Å²) >= 11 is 0. The minimum atomic E-state index is -1.42. The quantitative estimate of drug-likeness (QED) is 0.488. The van der Waals surface area contributed by atoms with Gasteiger partial charge in [0, 0.05) is 6.42 Å². The number of ether oxygens (including phenoxy) is 1. The van der Waals surface area contributed by atoms with Crippen molar-refractivity contribution in [1.29, 1.82) is 0 Å². The maximum Gasteiger partial charge on any atom is 0.338 e. The summed E-state index contributed by atoms with van der Waals surface area (Å²) < 4.78 is 4.62. The third-order valence-corrected chi connectivity index (χ3v) is 1.26. The van der Waals surface area contributed by atoms with Gasteiger partial charge in [0.25, 0.3) is 0 Å². The predicted molar refractivity (Wildman–Crippen MR) is 42.1 cm³/mol. The molecule has 0 amide bonds. The molecule has 0 aliphatic carbocycles. The molecule has 0 aromatic carbocycles. The van der Waals surface area contributed by atoms with E-state index in [1.54, 1.807) is 6.92 Å². The molecule has 0 saturated carbocycles. The topological polar surface area (TPSA) is 46.5 Å². The number of carbonyl (C=O) groups excluding carboxylic acids is 1. The van der Waals surface area contributed by atoms with Crippen molar-refractivity contribution < 1.29 is 14.6 Å². The van der Waals surface area contributed by atoms with E-state index in [9.17, 15) is 9.90 Å². The summed E-state index contributed by atoms with van der Waals surface area (Å²) in [4.78, 5) is 10.9. The van der Waals surface area contributed by atoms with Gasteiger partial charge in [0.1, 0.15) is 0 Å². The molecule has 0 aromatic rings. The highest BCUT2D eigenvalue weighted by molar-refractivity contribution is 5.78. The first-order valence-electron chi connectivity index (χ1n) is 3.55. The molecule has 0 aromatic heterocycles. The van der Waals surface area contributed by atoms with Gasteiger partial charge in [-0.3, -0.25) is 0 Å². The van der Waals surface area contributed by atoms with Gasteiger partial charge in [0.2, 0.25) is 0 Å². The minimum Gasteiger partial charge on any atom is -0.464 e. The van der Waals surface area contributed by atoms with Gasteiger partial charge in [-0.25, -0.2) is 4.79 Å². The lowest BCUT2D eigenvalue weighted by molar-refractivity contribution is -0.162. The van der Waals surface area contributed by atoms with Gasteiger partial charge in [0.15, 0.2) is 5.60 Å². The lowest BCUT2D eigenvalue weighted by Crippen LogP contribution is -2.36. The molecule has 11 heavy (non-hydrogen) atoms. The first kappa shape index (κ1) is 10.2. The van der Waals surface area contributed by atoms with Crippen LogP contribution in [0, 0.1) is 0 Å². The largest absolute Gasteiger partial charge is 0.464 e. The van der Waals surface area contributed by atoms with Crippen molar-refractivity contribution in [1.82, 2.24) is 0 Å². The first-order valence-corrected chi connectivity index (χ1v) is 3.55. The van der Waals surface area contributed by atoms with Crippen LogP contribution in [0.2, 0.25) is 0 Å². The molecule has 1 unspecified atom stereocenters. The molecule has 64 valence electrons. The van der Waals surface area contributed by atoms with Gasteiger partial charge in [-0.1, -0.05) is 6.08 Å². The average Bonchev–Trinajstić information content (AvgIpc) is 1.88. The van der Waals surface area contributed by atoms with Gasteiger partial charge >= 0.3 is 5.97 Å². The van der Waals surface area contributed by atoms with Crippen LogP contribution in [0.1, 0.15) is 20.3 Å². The highest BCUT2D eigenvalue weighted by atomic mass is 16.5. The SMILES string of the molecule is C=CCC(C)(O)C(=O)OCC. The highest BCUT2D eigenvalue weighted by Crippen LogP contribution is 2.11. The Morgan fingerprint density at radius 3 is 2.73 bits per heavy atom. The van der Waals surface area contributed by atoms with E-state index < -0.39 is 11.6 Å². The molecule has 0 bridgehead atoms. The molecule has 0 aliphatic rings. The van der Waals surface area contributed by atoms with Crippen molar-refractivity contribution >= 4 is 5.97 Å². The summed E-state index contributed by atoms with van der Waals surface area (Å²) in [6.07, 6.45) is 1.70. The Balaban J connectivity index is 4.05. The van der Waals surface area contributed by atoms with Crippen molar-refractivity contribution in [2.75, 3.05) is 6.61 Å². The number of carbonyl (C=O) groups is 1. The number of rotatable bonds is 4. The molecule has 3 nitrogen and oxygen atoms in total. The van der Waals surface area contributed by atoms with Crippen molar-refractivity contribution in [3.63, 3.8) is 0 Å². The summed E-state index contributed by atoms with van der Waals surface area (Å²) in [6, 6.07) is 0. The second-order valence-corrected chi connectivity index (χ2v) is 2.49. The second-order valence-electron chi connectivity index (χ2n) is 2.49. The monoisotopic (exact) mass is 158 g/mol. The number of hydrogen-bond acceptors (Lipinski definition) is 3. The predicted octanol–water partition coefficient (Wildman–Crippen LogP) is 0.877. The lowest BCUT2D eigenvalue weighted by atomic mass is 10.0. The highest BCUT2D eigenvalue weighted by Gasteiger charge is 2.29. The lowest BCUT2D eigenvalue weighted by Gasteiger charge is -2.18. The number of aliphatic hydroxyl groups is 1. The van der Waals surface area contributed by atoms with Crippen LogP contribution in [0.15, 0.2) is 12.7 Å². The molecule has 0 aliphatic heterocycles. The molecule has 0 spiro atoms. The standard InChI is InChI=1S/C8H14O3/c1-4-6-8(3,10)7(9)11-5-2/h4,10H,1,5-6H2,2-3H3. The molecule has 0 rings (SSSR count). The molecule has 1 N–H and O–H groups in total. The molecule has 1 atom stereocenters. The Labute approximate surface area is 66.7 Å². The Kier molecular flexibility index (Phi) is 3.82. The Morgan fingerprint density at radius 1 is 1.82 bits per heavy atom. The van der Waals surface area contributed by atoms with Crippen molar-refractivity contribution in [3.05, 3.63) is 12.7 Å². The van der Waals surface area contributed by atoms with E-state index in [2.05, 4.69) is 11.3 Å². The van der Waals surface area contributed by atoms with E-state index in [4.69, 9.17) is 0 Å². The van der Waals surface area contributed by atoms with E-state index >= 15 is 0 Å². The third-order valence-electron chi connectivity index (χ3n) is 1.26. The van der Waals surface area contributed by atoms with Crippen LogP contribution >= 0.6 is 0 Å². The average molecular weight is 158 g/mol. The van der Waals surface area contributed by atoms with Crippen LogP contribution in [0.25, 0.3) is 0 Å². The zero-order chi connectivity index (χ0) is 8.91. The summed E-state index contributed by atoms with van der Waals surface area (Å²) in [7, 11) is 0. The molecule has 0 saturated heterocycles. The molecular formula is C8H14O3. The zero-order valence-electron chi connectivity index (χ0n) is 6.96. The molecule has 0 fully saturated rings. The fourth-order valence-corrected chi connectivity index (χ4v) is 0.651. The molecule has 0 heterocycles. The van der Waals surface area contributed by atoms with E-state index in [0.717, 1.165) is 0 Å². The van der Waals surface area contributed by atoms with Crippen LogP contribution in [-0.2, 0) is 9.53 Å². The third kappa shape index (κ3) is 3.18. The molecule has 0 radical (unpaired) electrons. The minimum absolute atomic E-state index is 0.214. The van der Waals surface area contributed by atoms with Crippen molar-refractivity contribution in [2.24, 2.45) is 0 Å². The summed E-state index contributed by atoms with van der Waals surface area (Å²) in [5, 5.41) is 9.37.